The number of thiophene rings is 1. The summed E-state index contributed by atoms with van der Waals surface area (Å²) in [4.78, 5) is 0. The number of fused-ring (bicyclic) bond motifs is 6. The molecular formula is C32H19ClS. The summed E-state index contributed by atoms with van der Waals surface area (Å²) in [6.07, 6.45) is 0. The zero-order valence-corrected chi connectivity index (χ0v) is 19.8. The Morgan fingerprint density at radius 2 is 1.15 bits per heavy atom. The highest BCUT2D eigenvalue weighted by atomic mass is 35.5. The molecule has 0 unspecified atom stereocenters. The van der Waals surface area contributed by atoms with Crippen LogP contribution >= 0.6 is 22.9 Å². The molecule has 0 amide bonds. The fraction of sp³-hybridized carbons (Fsp3) is 0. The van der Waals surface area contributed by atoms with E-state index in [0.717, 1.165) is 10.6 Å². The van der Waals surface area contributed by atoms with Crippen molar-refractivity contribution in [3.8, 4) is 22.3 Å². The van der Waals surface area contributed by atoms with E-state index in [1.807, 2.05) is 17.4 Å². The van der Waals surface area contributed by atoms with Crippen LogP contribution in [0.4, 0.5) is 0 Å². The second kappa shape index (κ2) is 7.70. The van der Waals surface area contributed by atoms with E-state index in [-0.39, 0.29) is 0 Å². The average molecular weight is 471 g/mol. The van der Waals surface area contributed by atoms with Crippen molar-refractivity contribution in [2.24, 2.45) is 0 Å². The highest BCUT2D eigenvalue weighted by molar-refractivity contribution is 7.25. The Labute approximate surface area is 206 Å². The van der Waals surface area contributed by atoms with Gasteiger partial charge >= 0.3 is 0 Å². The van der Waals surface area contributed by atoms with Crippen LogP contribution in [0.25, 0.3) is 64.0 Å². The van der Waals surface area contributed by atoms with Crippen LogP contribution in [0.2, 0.25) is 5.02 Å². The fourth-order valence-electron chi connectivity index (χ4n) is 5.16. The molecule has 0 aliphatic heterocycles. The smallest absolute Gasteiger partial charge is 0.0412 e. The molecule has 0 saturated carbocycles. The van der Waals surface area contributed by atoms with E-state index in [1.165, 1.54) is 58.4 Å². The standard InChI is InChI=1S/C32H19ClS/c33-22-14-15-26(29-17-20-7-1-2-8-23(20)24-9-3-4-10-25(24)29)28(19-22)21-13-16-32-30(18-21)27-11-5-6-12-31(27)34-32/h1-19H. The van der Waals surface area contributed by atoms with Crippen molar-refractivity contribution in [2.75, 3.05) is 0 Å². The second-order valence-corrected chi connectivity index (χ2v) is 10.2. The zero-order valence-electron chi connectivity index (χ0n) is 18.3. The monoisotopic (exact) mass is 470 g/mol. The van der Waals surface area contributed by atoms with E-state index in [9.17, 15) is 0 Å². The van der Waals surface area contributed by atoms with Gasteiger partial charge in [-0.2, -0.15) is 0 Å². The third kappa shape index (κ3) is 3.05. The topological polar surface area (TPSA) is 0 Å². The lowest BCUT2D eigenvalue weighted by molar-refractivity contribution is 1.63. The van der Waals surface area contributed by atoms with Crippen LogP contribution < -0.4 is 0 Å². The molecule has 160 valence electrons. The lowest BCUT2D eigenvalue weighted by Gasteiger charge is -2.15. The molecule has 0 aliphatic carbocycles. The minimum absolute atomic E-state index is 0.749. The van der Waals surface area contributed by atoms with E-state index < -0.39 is 0 Å². The van der Waals surface area contributed by atoms with Crippen LogP contribution in [0.15, 0.2) is 115 Å². The van der Waals surface area contributed by atoms with Gasteiger partial charge in [-0.05, 0) is 80.2 Å². The molecule has 34 heavy (non-hydrogen) atoms. The summed E-state index contributed by atoms with van der Waals surface area (Å²) in [5.74, 6) is 0. The number of benzene rings is 6. The summed E-state index contributed by atoms with van der Waals surface area (Å²) < 4.78 is 2.63. The number of hydrogen-bond acceptors (Lipinski definition) is 1. The van der Waals surface area contributed by atoms with Gasteiger partial charge in [-0.25, -0.2) is 0 Å². The maximum absolute atomic E-state index is 6.56. The molecule has 0 N–H and O–H groups in total. The van der Waals surface area contributed by atoms with Gasteiger partial charge in [-0.15, -0.1) is 11.3 Å². The van der Waals surface area contributed by atoms with E-state index in [0.29, 0.717) is 0 Å². The molecule has 0 saturated heterocycles. The van der Waals surface area contributed by atoms with Crippen LogP contribution in [-0.2, 0) is 0 Å². The normalized spacial score (nSPS) is 11.7. The van der Waals surface area contributed by atoms with Crippen LogP contribution in [-0.4, -0.2) is 0 Å². The molecule has 1 aromatic heterocycles. The Morgan fingerprint density at radius 3 is 2.03 bits per heavy atom. The third-order valence-corrected chi connectivity index (χ3v) is 8.11. The zero-order chi connectivity index (χ0) is 22.6. The van der Waals surface area contributed by atoms with E-state index in [2.05, 4.69) is 109 Å². The lowest BCUT2D eigenvalue weighted by Crippen LogP contribution is -1.89. The first-order valence-electron chi connectivity index (χ1n) is 11.4. The van der Waals surface area contributed by atoms with Crippen molar-refractivity contribution >= 4 is 64.7 Å². The Morgan fingerprint density at radius 1 is 0.441 bits per heavy atom. The van der Waals surface area contributed by atoms with Gasteiger partial charge in [-0.3, -0.25) is 0 Å². The predicted octanol–water partition coefficient (Wildman–Crippen LogP) is 10.3. The van der Waals surface area contributed by atoms with Gasteiger partial charge in [0.25, 0.3) is 0 Å². The van der Waals surface area contributed by atoms with Gasteiger partial charge < -0.3 is 0 Å². The van der Waals surface area contributed by atoms with Gasteiger partial charge in [0.1, 0.15) is 0 Å². The number of hydrogen-bond donors (Lipinski definition) is 0. The minimum atomic E-state index is 0.749. The van der Waals surface area contributed by atoms with Gasteiger partial charge in [0.2, 0.25) is 0 Å². The molecule has 0 radical (unpaired) electrons. The highest BCUT2D eigenvalue weighted by Crippen LogP contribution is 2.42. The van der Waals surface area contributed by atoms with Crippen LogP contribution in [0.1, 0.15) is 0 Å². The number of halogens is 1. The van der Waals surface area contributed by atoms with E-state index in [1.54, 1.807) is 0 Å². The molecule has 0 nitrogen and oxygen atoms in total. The summed E-state index contributed by atoms with van der Waals surface area (Å²) >= 11 is 8.41. The van der Waals surface area contributed by atoms with Gasteiger partial charge in [-0.1, -0.05) is 90.5 Å². The highest BCUT2D eigenvalue weighted by Gasteiger charge is 2.15. The Hall–Kier alpha value is -3.65. The molecule has 7 rings (SSSR count). The Balaban J connectivity index is 1.54. The van der Waals surface area contributed by atoms with E-state index in [4.69, 9.17) is 11.6 Å². The molecule has 0 spiro atoms. The van der Waals surface area contributed by atoms with Crippen molar-refractivity contribution in [1.29, 1.82) is 0 Å². The molecule has 2 heteroatoms. The van der Waals surface area contributed by atoms with Crippen LogP contribution in [0.5, 0.6) is 0 Å². The van der Waals surface area contributed by atoms with Crippen LogP contribution in [0.3, 0.4) is 0 Å². The predicted molar refractivity (Wildman–Crippen MR) is 150 cm³/mol. The molecule has 1 heterocycles. The molecule has 0 atom stereocenters. The maximum atomic E-state index is 6.56. The third-order valence-electron chi connectivity index (χ3n) is 6.73. The second-order valence-electron chi connectivity index (χ2n) is 8.69. The lowest BCUT2D eigenvalue weighted by atomic mass is 9.89. The molecular weight excluding hydrogens is 452 g/mol. The minimum Gasteiger partial charge on any atom is -0.135 e. The Bertz CT molecular complexity index is 1880. The summed E-state index contributed by atoms with van der Waals surface area (Å²) in [5, 5.41) is 8.41. The average Bonchev–Trinajstić information content (AvgIpc) is 3.26. The first kappa shape index (κ1) is 19.8. The van der Waals surface area contributed by atoms with Crippen molar-refractivity contribution in [2.45, 2.75) is 0 Å². The summed E-state index contributed by atoms with van der Waals surface area (Å²) in [5.41, 5.74) is 4.78. The van der Waals surface area contributed by atoms with E-state index >= 15 is 0 Å². The van der Waals surface area contributed by atoms with Crippen molar-refractivity contribution < 1.29 is 0 Å². The van der Waals surface area contributed by atoms with Gasteiger partial charge in [0, 0.05) is 25.2 Å². The van der Waals surface area contributed by atoms with Crippen molar-refractivity contribution in [1.82, 2.24) is 0 Å². The maximum Gasteiger partial charge on any atom is 0.0412 e. The molecule has 7 aromatic rings. The molecule has 0 aliphatic rings. The van der Waals surface area contributed by atoms with Crippen molar-refractivity contribution in [3.63, 3.8) is 0 Å². The van der Waals surface area contributed by atoms with Crippen LogP contribution in [0, 0.1) is 0 Å². The largest absolute Gasteiger partial charge is 0.135 e. The number of rotatable bonds is 2. The first-order valence-corrected chi connectivity index (χ1v) is 12.6. The quantitative estimate of drug-likeness (QED) is 0.220. The SMILES string of the molecule is Clc1ccc(-c2cc3ccccc3c3ccccc23)c(-c2ccc3sc4ccccc4c3c2)c1. The summed E-state index contributed by atoms with van der Waals surface area (Å²) in [7, 11) is 0. The Kier molecular flexibility index (Phi) is 4.48. The molecule has 6 aromatic carbocycles. The molecule has 0 fully saturated rings. The first-order chi connectivity index (χ1) is 16.8. The summed E-state index contributed by atoms with van der Waals surface area (Å²) in [6, 6.07) is 41.4. The molecule has 0 bridgehead atoms. The van der Waals surface area contributed by atoms with Crippen molar-refractivity contribution in [3.05, 3.63) is 120 Å². The summed E-state index contributed by atoms with van der Waals surface area (Å²) in [6.45, 7) is 0. The van der Waals surface area contributed by atoms with Gasteiger partial charge in [0.05, 0.1) is 0 Å². The van der Waals surface area contributed by atoms with Gasteiger partial charge in [0.15, 0.2) is 0 Å². The fourth-order valence-corrected chi connectivity index (χ4v) is 6.42.